The number of hydrogen-bond acceptors (Lipinski definition) is 5. The first kappa shape index (κ1) is 15.3. The van der Waals surface area contributed by atoms with Gasteiger partial charge in [-0.2, -0.15) is 5.10 Å². The molecule has 110 valence electrons. The number of aliphatic hydroxyl groups excluding tert-OH is 1. The zero-order valence-corrected chi connectivity index (χ0v) is 11.6. The second-order valence-corrected chi connectivity index (χ2v) is 4.47. The van der Waals surface area contributed by atoms with E-state index in [-0.39, 0.29) is 35.9 Å². The topological polar surface area (TPSA) is 73.1 Å². The number of alkyl halides is 2. The Morgan fingerprint density at radius 3 is 2.70 bits per heavy atom. The number of hydrogen-bond donors (Lipinski definition) is 1. The first-order chi connectivity index (χ1) is 9.52. The van der Waals surface area contributed by atoms with Crippen LogP contribution in [0.4, 0.5) is 8.78 Å². The summed E-state index contributed by atoms with van der Waals surface area (Å²) in [7, 11) is 0. The highest BCUT2D eigenvalue weighted by atomic mass is 35.5. The molecule has 2 rings (SSSR count). The van der Waals surface area contributed by atoms with Crippen molar-refractivity contribution in [2.24, 2.45) is 0 Å². The van der Waals surface area contributed by atoms with Crippen molar-refractivity contribution in [3.63, 3.8) is 0 Å². The van der Waals surface area contributed by atoms with Crippen molar-refractivity contribution in [2.45, 2.75) is 19.6 Å². The molecule has 6 nitrogen and oxygen atoms in total. The Morgan fingerprint density at radius 2 is 2.05 bits per heavy atom. The molecule has 2 heterocycles. The van der Waals surface area contributed by atoms with Crippen LogP contribution in [0, 0.1) is 0 Å². The SMILES string of the molecule is OCc1nn(CCOCC(F)F)c2c(Cl)nc(Cl)nc12. The molecule has 0 aliphatic heterocycles. The number of halogens is 4. The molecule has 0 aliphatic carbocycles. The second-order valence-electron chi connectivity index (χ2n) is 3.77. The molecule has 0 bridgehead atoms. The molecule has 0 unspecified atom stereocenters. The van der Waals surface area contributed by atoms with Crippen LogP contribution in [0.1, 0.15) is 5.69 Å². The largest absolute Gasteiger partial charge is 0.390 e. The summed E-state index contributed by atoms with van der Waals surface area (Å²) in [5, 5.41) is 13.3. The maximum atomic E-state index is 11.9. The van der Waals surface area contributed by atoms with Crippen molar-refractivity contribution in [2.75, 3.05) is 13.2 Å². The Labute approximate surface area is 122 Å². The number of rotatable bonds is 6. The first-order valence-corrected chi connectivity index (χ1v) is 6.33. The van der Waals surface area contributed by atoms with Crippen LogP contribution in [-0.4, -0.2) is 44.5 Å². The molecule has 0 amide bonds. The van der Waals surface area contributed by atoms with Gasteiger partial charge in [-0.15, -0.1) is 0 Å². The average molecular weight is 327 g/mol. The number of nitrogens with zero attached hydrogens (tertiary/aromatic N) is 4. The van der Waals surface area contributed by atoms with E-state index in [1.165, 1.54) is 4.68 Å². The van der Waals surface area contributed by atoms with E-state index in [1.54, 1.807) is 0 Å². The highest BCUT2D eigenvalue weighted by Gasteiger charge is 2.16. The van der Waals surface area contributed by atoms with Gasteiger partial charge in [0.2, 0.25) is 5.28 Å². The molecule has 1 N–H and O–H groups in total. The van der Waals surface area contributed by atoms with E-state index in [1.807, 2.05) is 0 Å². The maximum Gasteiger partial charge on any atom is 0.261 e. The maximum absolute atomic E-state index is 11.9. The fraction of sp³-hybridized carbons (Fsp3) is 0.500. The lowest BCUT2D eigenvalue weighted by atomic mass is 10.3. The van der Waals surface area contributed by atoms with Crippen LogP contribution in [0.25, 0.3) is 11.0 Å². The molecular weight excluding hydrogens is 317 g/mol. The summed E-state index contributed by atoms with van der Waals surface area (Å²) in [6, 6.07) is 0. The van der Waals surface area contributed by atoms with E-state index in [2.05, 4.69) is 15.1 Å². The lowest BCUT2D eigenvalue weighted by Crippen LogP contribution is -2.12. The third-order valence-electron chi connectivity index (χ3n) is 2.43. The van der Waals surface area contributed by atoms with E-state index in [9.17, 15) is 13.9 Å². The molecule has 0 radical (unpaired) electrons. The van der Waals surface area contributed by atoms with Gasteiger partial charge >= 0.3 is 0 Å². The summed E-state index contributed by atoms with van der Waals surface area (Å²) in [6.07, 6.45) is -2.52. The standard InChI is InChI=1S/C10H10Cl2F2N4O2/c11-9-8-7(15-10(12)16-9)5(3-19)17-18(8)1-2-20-4-6(13)14/h6,19H,1-4H2. The van der Waals surface area contributed by atoms with Crippen LogP contribution in [0.5, 0.6) is 0 Å². The van der Waals surface area contributed by atoms with Crippen molar-refractivity contribution in [3.05, 3.63) is 16.1 Å². The fourth-order valence-electron chi connectivity index (χ4n) is 1.67. The van der Waals surface area contributed by atoms with E-state index in [0.717, 1.165) is 0 Å². The van der Waals surface area contributed by atoms with Crippen LogP contribution in [0.2, 0.25) is 10.4 Å². The number of aromatic nitrogens is 4. The molecule has 0 saturated heterocycles. The molecule has 20 heavy (non-hydrogen) atoms. The van der Waals surface area contributed by atoms with Gasteiger partial charge < -0.3 is 9.84 Å². The Kier molecular flexibility index (Phi) is 5.03. The predicted molar refractivity (Wildman–Crippen MR) is 68.1 cm³/mol. The molecule has 0 saturated carbocycles. The summed E-state index contributed by atoms with van der Waals surface area (Å²) in [5.41, 5.74) is 0.979. The summed E-state index contributed by atoms with van der Waals surface area (Å²) in [4.78, 5) is 7.73. The van der Waals surface area contributed by atoms with E-state index in [4.69, 9.17) is 27.9 Å². The highest BCUT2D eigenvalue weighted by Crippen LogP contribution is 2.24. The minimum absolute atomic E-state index is 0.0188. The molecule has 2 aromatic heterocycles. The van der Waals surface area contributed by atoms with Crippen LogP contribution < -0.4 is 0 Å². The smallest absolute Gasteiger partial charge is 0.261 e. The zero-order valence-electron chi connectivity index (χ0n) is 10.1. The van der Waals surface area contributed by atoms with Crippen molar-refractivity contribution < 1.29 is 18.6 Å². The lowest BCUT2D eigenvalue weighted by Gasteiger charge is -2.05. The van der Waals surface area contributed by atoms with Crippen molar-refractivity contribution in [1.82, 2.24) is 19.7 Å². The van der Waals surface area contributed by atoms with Crippen LogP contribution >= 0.6 is 23.2 Å². The molecule has 0 aromatic carbocycles. The second kappa shape index (κ2) is 6.57. The lowest BCUT2D eigenvalue weighted by molar-refractivity contribution is 0.0142. The Bertz CT molecular complexity index is 608. The summed E-state index contributed by atoms with van der Waals surface area (Å²) >= 11 is 11.7. The highest BCUT2D eigenvalue weighted by molar-refractivity contribution is 6.35. The number of aliphatic hydroxyl groups is 1. The molecular formula is C10H10Cl2F2N4O2. The predicted octanol–water partition coefficient (Wildman–Crippen LogP) is 1.91. The monoisotopic (exact) mass is 326 g/mol. The Hall–Kier alpha value is -1.09. The Balaban J connectivity index is 2.25. The minimum atomic E-state index is -2.52. The van der Waals surface area contributed by atoms with Gasteiger partial charge in [0.05, 0.1) is 19.8 Å². The molecule has 0 atom stereocenters. The molecule has 10 heteroatoms. The molecule has 0 fully saturated rings. The van der Waals surface area contributed by atoms with Gasteiger partial charge in [-0.05, 0) is 11.6 Å². The van der Waals surface area contributed by atoms with Crippen molar-refractivity contribution in [3.8, 4) is 0 Å². The quantitative estimate of drug-likeness (QED) is 0.498. The van der Waals surface area contributed by atoms with E-state index in [0.29, 0.717) is 11.0 Å². The third-order valence-corrected chi connectivity index (χ3v) is 2.86. The third kappa shape index (κ3) is 3.32. The van der Waals surface area contributed by atoms with Crippen LogP contribution in [-0.2, 0) is 17.9 Å². The minimum Gasteiger partial charge on any atom is -0.390 e. The first-order valence-electron chi connectivity index (χ1n) is 5.58. The number of ether oxygens (including phenoxy) is 1. The molecule has 2 aromatic rings. The number of fused-ring (bicyclic) bond motifs is 1. The van der Waals surface area contributed by atoms with Crippen LogP contribution in [0.15, 0.2) is 0 Å². The van der Waals surface area contributed by atoms with Crippen molar-refractivity contribution >= 4 is 34.2 Å². The van der Waals surface area contributed by atoms with Gasteiger partial charge in [-0.1, -0.05) is 11.6 Å². The Morgan fingerprint density at radius 1 is 1.30 bits per heavy atom. The zero-order chi connectivity index (χ0) is 14.7. The van der Waals surface area contributed by atoms with Crippen molar-refractivity contribution in [1.29, 1.82) is 0 Å². The summed E-state index contributed by atoms with van der Waals surface area (Å²) in [6.45, 7) is -0.813. The molecule has 0 spiro atoms. The van der Waals surface area contributed by atoms with Gasteiger partial charge in [0.1, 0.15) is 23.3 Å². The van der Waals surface area contributed by atoms with Gasteiger partial charge in [-0.25, -0.2) is 18.7 Å². The molecule has 0 aliphatic rings. The van der Waals surface area contributed by atoms with E-state index >= 15 is 0 Å². The van der Waals surface area contributed by atoms with Gasteiger partial charge in [0.15, 0.2) is 5.15 Å². The summed E-state index contributed by atoms with van der Waals surface area (Å²) < 4.78 is 30.1. The van der Waals surface area contributed by atoms with Gasteiger partial charge in [0.25, 0.3) is 6.43 Å². The van der Waals surface area contributed by atoms with Gasteiger partial charge in [-0.3, -0.25) is 4.68 Å². The van der Waals surface area contributed by atoms with Gasteiger partial charge in [0, 0.05) is 0 Å². The average Bonchev–Trinajstić information content (AvgIpc) is 2.72. The summed E-state index contributed by atoms with van der Waals surface area (Å²) in [5.74, 6) is 0. The fourth-order valence-corrected chi connectivity index (χ4v) is 2.15. The van der Waals surface area contributed by atoms with E-state index < -0.39 is 13.0 Å². The van der Waals surface area contributed by atoms with Crippen LogP contribution in [0.3, 0.4) is 0 Å². The normalized spacial score (nSPS) is 11.7.